The van der Waals surface area contributed by atoms with E-state index in [9.17, 15) is 4.79 Å². The minimum Gasteiger partial charge on any atom is -0.471 e. The molecule has 2 amide bonds. The first-order chi connectivity index (χ1) is 12.9. The van der Waals surface area contributed by atoms with Crippen molar-refractivity contribution in [1.82, 2.24) is 5.32 Å². The van der Waals surface area contributed by atoms with Crippen molar-refractivity contribution in [3.63, 3.8) is 0 Å². The number of ether oxygens (including phenoxy) is 1. The van der Waals surface area contributed by atoms with E-state index in [1.54, 1.807) is 6.92 Å². The van der Waals surface area contributed by atoms with E-state index in [1.165, 1.54) is 5.56 Å². The summed E-state index contributed by atoms with van der Waals surface area (Å²) in [4.78, 5) is 14.4. The van der Waals surface area contributed by atoms with Crippen molar-refractivity contribution in [3.8, 4) is 5.75 Å². The SMILES string of the molecule is CCN(CC)c1ccc(NC(=O)NC(C)Oc2ccc(C(C)C)cc2)cc1. The number of hydrogen-bond acceptors (Lipinski definition) is 3. The van der Waals surface area contributed by atoms with E-state index in [2.05, 4.69) is 43.2 Å². The van der Waals surface area contributed by atoms with Crippen molar-refractivity contribution in [2.45, 2.75) is 46.8 Å². The fourth-order valence-electron chi connectivity index (χ4n) is 2.86. The Balaban J connectivity index is 1.85. The van der Waals surface area contributed by atoms with Crippen molar-refractivity contribution >= 4 is 17.4 Å². The average Bonchev–Trinajstić information content (AvgIpc) is 2.64. The molecule has 0 fully saturated rings. The zero-order valence-electron chi connectivity index (χ0n) is 17.0. The Morgan fingerprint density at radius 1 is 0.963 bits per heavy atom. The van der Waals surface area contributed by atoms with Gasteiger partial charge in [0.25, 0.3) is 0 Å². The van der Waals surface area contributed by atoms with Gasteiger partial charge in [-0.1, -0.05) is 26.0 Å². The van der Waals surface area contributed by atoms with Crippen LogP contribution in [-0.2, 0) is 0 Å². The number of rotatable bonds is 8. The van der Waals surface area contributed by atoms with Crippen LogP contribution >= 0.6 is 0 Å². The lowest BCUT2D eigenvalue weighted by Crippen LogP contribution is -2.39. The molecule has 2 rings (SSSR count). The maximum atomic E-state index is 12.2. The first-order valence-corrected chi connectivity index (χ1v) is 9.62. The third-order valence-corrected chi connectivity index (χ3v) is 4.45. The van der Waals surface area contributed by atoms with Crippen LogP contribution in [0.4, 0.5) is 16.2 Å². The lowest BCUT2D eigenvalue weighted by atomic mass is 10.0. The Labute approximate surface area is 162 Å². The van der Waals surface area contributed by atoms with E-state index in [0.717, 1.165) is 30.2 Å². The molecule has 146 valence electrons. The average molecular weight is 370 g/mol. The summed E-state index contributed by atoms with van der Waals surface area (Å²) in [6.45, 7) is 12.3. The molecule has 0 radical (unpaired) electrons. The minimum absolute atomic E-state index is 0.295. The predicted molar refractivity (Wildman–Crippen MR) is 113 cm³/mol. The van der Waals surface area contributed by atoms with Crippen molar-refractivity contribution in [1.29, 1.82) is 0 Å². The van der Waals surface area contributed by atoms with Crippen molar-refractivity contribution < 1.29 is 9.53 Å². The van der Waals surface area contributed by atoms with Crippen LogP contribution in [0, 0.1) is 0 Å². The quantitative estimate of drug-likeness (QED) is 0.629. The molecule has 2 N–H and O–H groups in total. The lowest BCUT2D eigenvalue weighted by Gasteiger charge is -2.21. The van der Waals surface area contributed by atoms with Gasteiger partial charge in [-0.2, -0.15) is 0 Å². The van der Waals surface area contributed by atoms with Gasteiger partial charge in [-0.05, 0) is 68.7 Å². The molecule has 1 atom stereocenters. The zero-order chi connectivity index (χ0) is 19.8. The van der Waals surface area contributed by atoms with Crippen LogP contribution in [0.25, 0.3) is 0 Å². The van der Waals surface area contributed by atoms with Crippen LogP contribution < -0.4 is 20.3 Å². The van der Waals surface area contributed by atoms with Gasteiger partial charge in [0.1, 0.15) is 5.75 Å². The normalized spacial score (nSPS) is 11.8. The molecule has 0 aliphatic heterocycles. The molecule has 0 heterocycles. The molecule has 0 spiro atoms. The zero-order valence-corrected chi connectivity index (χ0v) is 17.0. The van der Waals surface area contributed by atoms with E-state index in [-0.39, 0.29) is 6.03 Å². The second-order valence-electron chi connectivity index (χ2n) is 6.80. The monoisotopic (exact) mass is 369 g/mol. The Morgan fingerprint density at radius 2 is 1.56 bits per heavy atom. The molecule has 0 aromatic heterocycles. The third-order valence-electron chi connectivity index (χ3n) is 4.45. The molecule has 1 unspecified atom stereocenters. The van der Waals surface area contributed by atoms with Gasteiger partial charge in [0.05, 0.1) is 0 Å². The Bertz CT molecular complexity index is 707. The van der Waals surface area contributed by atoms with Gasteiger partial charge < -0.3 is 20.3 Å². The summed E-state index contributed by atoms with van der Waals surface area (Å²) in [5, 5.41) is 5.63. The number of carbonyl (C=O) groups excluding carboxylic acids is 1. The van der Waals surface area contributed by atoms with Crippen LogP contribution in [0.5, 0.6) is 5.75 Å². The summed E-state index contributed by atoms with van der Waals surface area (Å²) in [6, 6.07) is 15.5. The molecule has 5 heteroatoms. The standard InChI is InChI=1S/C22H31N3O2/c1-6-25(7-2)20-12-10-19(11-13-20)24-22(26)23-17(5)27-21-14-8-18(9-15-21)16(3)4/h8-17H,6-7H2,1-5H3,(H2,23,24,26). The number of benzene rings is 2. The number of amides is 2. The topological polar surface area (TPSA) is 53.6 Å². The third kappa shape index (κ3) is 6.20. The van der Waals surface area contributed by atoms with Crippen LogP contribution in [-0.4, -0.2) is 25.3 Å². The summed E-state index contributed by atoms with van der Waals surface area (Å²) >= 11 is 0. The number of carbonyl (C=O) groups is 1. The highest BCUT2D eigenvalue weighted by Crippen LogP contribution is 2.20. The van der Waals surface area contributed by atoms with Gasteiger partial charge in [-0.3, -0.25) is 0 Å². The van der Waals surface area contributed by atoms with Crippen molar-refractivity contribution in [2.24, 2.45) is 0 Å². The van der Waals surface area contributed by atoms with Gasteiger partial charge >= 0.3 is 6.03 Å². The van der Waals surface area contributed by atoms with Crippen LogP contribution in [0.1, 0.15) is 46.1 Å². The molecule has 0 aliphatic carbocycles. The maximum absolute atomic E-state index is 12.2. The minimum atomic E-state index is -0.440. The summed E-state index contributed by atoms with van der Waals surface area (Å²) in [5.41, 5.74) is 3.15. The highest BCUT2D eigenvalue weighted by atomic mass is 16.5. The van der Waals surface area contributed by atoms with E-state index in [1.807, 2.05) is 48.5 Å². The van der Waals surface area contributed by atoms with E-state index >= 15 is 0 Å². The Hall–Kier alpha value is -2.69. The van der Waals surface area contributed by atoms with Crippen LogP contribution in [0.2, 0.25) is 0 Å². The van der Waals surface area contributed by atoms with Crippen molar-refractivity contribution in [3.05, 3.63) is 54.1 Å². The molecular weight excluding hydrogens is 338 g/mol. The summed E-state index contributed by atoms with van der Waals surface area (Å²) in [7, 11) is 0. The molecule has 0 aliphatic rings. The van der Waals surface area contributed by atoms with Crippen LogP contribution in [0.15, 0.2) is 48.5 Å². The summed E-state index contributed by atoms with van der Waals surface area (Å²) < 4.78 is 5.76. The Morgan fingerprint density at radius 3 is 2.07 bits per heavy atom. The molecule has 0 bridgehead atoms. The molecule has 27 heavy (non-hydrogen) atoms. The molecule has 0 saturated carbocycles. The van der Waals surface area contributed by atoms with E-state index < -0.39 is 6.23 Å². The van der Waals surface area contributed by atoms with E-state index in [0.29, 0.717) is 5.92 Å². The summed E-state index contributed by atoms with van der Waals surface area (Å²) in [5.74, 6) is 1.21. The fourth-order valence-corrected chi connectivity index (χ4v) is 2.86. The van der Waals surface area contributed by atoms with Crippen LogP contribution in [0.3, 0.4) is 0 Å². The fraction of sp³-hybridized carbons (Fsp3) is 0.409. The first-order valence-electron chi connectivity index (χ1n) is 9.62. The van der Waals surface area contributed by atoms with Crippen molar-refractivity contribution in [2.75, 3.05) is 23.3 Å². The van der Waals surface area contributed by atoms with Gasteiger partial charge in [-0.15, -0.1) is 0 Å². The number of hydrogen-bond donors (Lipinski definition) is 2. The number of urea groups is 1. The van der Waals surface area contributed by atoms with Gasteiger partial charge in [0.15, 0.2) is 6.23 Å². The number of anilines is 2. The molecule has 2 aromatic rings. The molecule has 5 nitrogen and oxygen atoms in total. The van der Waals surface area contributed by atoms with Gasteiger partial charge in [0, 0.05) is 24.5 Å². The summed E-state index contributed by atoms with van der Waals surface area (Å²) in [6.07, 6.45) is -0.440. The van der Waals surface area contributed by atoms with Gasteiger partial charge in [0.2, 0.25) is 0 Å². The highest BCUT2D eigenvalue weighted by molar-refractivity contribution is 5.89. The highest BCUT2D eigenvalue weighted by Gasteiger charge is 2.10. The molecule has 0 saturated heterocycles. The smallest absolute Gasteiger partial charge is 0.322 e. The Kier molecular flexibility index (Phi) is 7.53. The number of nitrogens with zero attached hydrogens (tertiary/aromatic N) is 1. The van der Waals surface area contributed by atoms with Gasteiger partial charge in [-0.25, -0.2) is 4.79 Å². The largest absolute Gasteiger partial charge is 0.471 e. The second kappa shape index (κ2) is 9.86. The predicted octanol–water partition coefficient (Wildman–Crippen LogP) is 5.20. The van der Waals surface area contributed by atoms with E-state index in [4.69, 9.17) is 4.74 Å². The lowest BCUT2D eigenvalue weighted by molar-refractivity contribution is 0.183. The first kappa shape index (κ1) is 20.6. The number of nitrogens with one attached hydrogen (secondary N) is 2. The maximum Gasteiger partial charge on any atom is 0.322 e. The second-order valence-corrected chi connectivity index (χ2v) is 6.80. The molecule has 2 aromatic carbocycles. The molecular formula is C22H31N3O2.